The molecule has 1 heterocycles. The molecule has 0 aliphatic carbocycles. The van der Waals surface area contributed by atoms with Gasteiger partial charge < -0.3 is 10.1 Å². The molecule has 3 rings (SSSR count). The number of hydrogen-bond acceptors (Lipinski definition) is 6. The van der Waals surface area contributed by atoms with Gasteiger partial charge in [0.1, 0.15) is 0 Å². The summed E-state index contributed by atoms with van der Waals surface area (Å²) >= 11 is 0. The molecule has 2 aromatic carbocycles. The van der Waals surface area contributed by atoms with Gasteiger partial charge in [0.15, 0.2) is 0 Å². The molecule has 1 aliphatic heterocycles. The second-order valence-electron chi connectivity index (χ2n) is 7.52. The first kappa shape index (κ1) is 24.3. The SMILES string of the molecule is Cc1ccc(S(=O)(=O)NCCC(=O)Nc2ccc(S(=O)(=O)NCC3CCCO3)cc2)cc1. The number of rotatable bonds is 10. The van der Waals surface area contributed by atoms with E-state index in [4.69, 9.17) is 4.74 Å². The van der Waals surface area contributed by atoms with E-state index < -0.39 is 26.0 Å². The molecule has 0 aromatic heterocycles. The molecule has 32 heavy (non-hydrogen) atoms. The van der Waals surface area contributed by atoms with Crippen molar-refractivity contribution in [2.24, 2.45) is 0 Å². The third-order valence-corrected chi connectivity index (χ3v) is 7.87. The summed E-state index contributed by atoms with van der Waals surface area (Å²) < 4.78 is 59.6. The second-order valence-corrected chi connectivity index (χ2v) is 11.1. The standard InChI is InChI=1S/C21H27N3O6S2/c1-16-4-8-19(9-5-16)31(26,27)22-13-12-21(25)24-17-6-10-20(11-7-17)32(28,29)23-15-18-3-2-14-30-18/h4-11,18,22-23H,2-3,12-15H2,1H3,(H,24,25). The van der Waals surface area contributed by atoms with Crippen LogP contribution in [-0.2, 0) is 29.6 Å². The van der Waals surface area contributed by atoms with E-state index in [9.17, 15) is 21.6 Å². The topological polar surface area (TPSA) is 131 Å². The maximum absolute atomic E-state index is 12.4. The molecule has 1 saturated heterocycles. The van der Waals surface area contributed by atoms with Crippen molar-refractivity contribution in [1.29, 1.82) is 0 Å². The van der Waals surface area contributed by atoms with Crippen LogP contribution < -0.4 is 14.8 Å². The molecule has 2 aromatic rings. The van der Waals surface area contributed by atoms with Crippen LogP contribution in [0.5, 0.6) is 0 Å². The van der Waals surface area contributed by atoms with Crippen LogP contribution in [0.25, 0.3) is 0 Å². The molecule has 0 spiro atoms. The minimum Gasteiger partial charge on any atom is -0.377 e. The Hall–Kier alpha value is -2.31. The van der Waals surface area contributed by atoms with E-state index in [2.05, 4.69) is 14.8 Å². The summed E-state index contributed by atoms with van der Waals surface area (Å²) in [5.41, 5.74) is 1.36. The fraction of sp³-hybridized carbons (Fsp3) is 0.381. The van der Waals surface area contributed by atoms with Crippen molar-refractivity contribution in [3.05, 3.63) is 54.1 Å². The summed E-state index contributed by atoms with van der Waals surface area (Å²) in [7, 11) is -7.36. The Kier molecular flexibility index (Phi) is 8.01. The predicted molar refractivity (Wildman–Crippen MR) is 120 cm³/mol. The summed E-state index contributed by atoms with van der Waals surface area (Å²) in [4.78, 5) is 12.3. The number of nitrogens with one attached hydrogen (secondary N) is 3. The number of benzene rings is 2. The molecule has 0 radical (unpaired) electrons. The number of aryl methyl sites for hydroxylation is 1. The number of carbonyl (C=O) groups excluding carboxylic acids is 1. The number of ether oxygens (including phenoxy) is 1. The molecule has 3 N–H and O–H groups in total. The van der Waals surface area contributed by atoms with Gasteiger partial charge in [-0.3, -0.25) is 4.79 Å². The number of carbonyl (C=O) groups is 1. The smallest absolute Gasteiger partial charge is 0.240 e. The maximum Gasteiger partial charge on any atom is 0.240 e. The van der Waals surface area contributed by atoms with Crippen LogP contribution in [-0.4, -0.2) is 48.5 Å². The van der Waals surface area contributed by atoms with E-state index in [0.717, 1.165) is 18.4 Å². The Balaban J connectivity index is 1.47. The third kappa shape index (κ3) is 6.84. The Morgan fingerprint density at radius 1 is 0.938 bits per heavy atom. The zero-order chi connectivity index (χ0) is 23.2. The van der Waals surface area contributed by atoms with Gasteiger partial charge in [-0.05, 0) is 56.2 Å². The highest BCUT2D eigenvalue weighted by Gasteiger charge is 2.20. The highest BCUT2D eigenvalue weighted by Crippen LogP contribution is 2.16. The summed E-state index contributed by atoms with van der Waals surface area (Å²) in [5, 5.41) is 2.62. The number of hydrogen-bond donors (Lipinski definition) is 3. The van der Waals surface area contributed by atoms with Crippen LogP contribution in [0.2, 0.25) is 0 Å². The Morgan fingerprint density at radius 3 is 2.12 bits per heavy atom. The molecule has 9 nitrogen and oxygen atoms in total. The fourth-order valence-electron chi connectivity index (χ4n) is 3.13. The van der Waals surface area contributed by atoms with Gasteiger partial charge in [-0.15, -0.1) is 0 Å². The number of amides is 1. The average molecular weight is 482 g/mol. The second kappa shape index (κ2) is 10.5. The van der Waals surface area contributed by atoms with Crippen LogP contribution >= 0.6 is 0 Å². The van der Waals surface area contributed by atoms with E-state index in [1.54, 1.807) is 12.1 Å². The average Bonchev–Trinajstić information content (AvgIpc) is 3.27. The Labute approximate surface area is 188 Å². The zero-order valence-corrected chi connectivity index (χ0v) is 19.3. The minimum atomic E-state index is -3.69. The zero-order valence-electron chi connectivity index (χ0n) is 17.7. The van der Waals surface area contributed by atoms with Gasteiger partial charge in [0, 0.05) is 31.8 Å². The molecule has 1 fully saturated rings. The molecule has 1 amide bonds. The molecule has 11 heteroatoms. The van der Waals surface area contributed by atoms with Crippen LogP contribution in [0.1, 0.15) is 24.8 Å². The van der Waals surface area contributed by atoms with Crippen molar-refractivity contribution in [2.75, 3.05) is 25.0 Å². The molecule has 1 aliphatic rings. The lowest BCUT2D eigenvalue weighted by molar-refractivity contribution is -0.116. The maximum atomic E-state index is 12.4. The molecule has 1 unspecified atom stereocenters. The van der Waals surface area contributed by atoms with E-state index in [1.165, 1.54) is 36.4 Å². The summed E-state index contributed by atoms with van der Waals surface area (Å²) in [5.74, 6) is -0.399. The van der Waals surface area contributed by atoms with E-state index in [1.807, 2.05) is 6.92 Å². The van der Waals surface area contributed by atoms with Gasteiger partial charge in [0.25, 0.3) is 0 Å². The summed E-state index contributed by atoms with van der Waals surface area (Å²) in [6.45, 7) is 2.66. The summed E-state index contributed by atoms with van der Waals surface area (Å²) in [6, 6.07) is 12.2. The van der Waals surface area contributed by atoms with Crippen molar-refractivity contribution < 1.29 is 26.4 Å². The molecule has 0 bridgehead atoms. The molecule has 174 valence electrons. The van der Waals surface area contributed by atoms with Gasteiger partial charge in [-0.2, -0.15) is 0 Å². The third-order valence-electron chi connectivity index (χ3n) is 4.95. The van der Waals surface area contributed by atoms with Crippen LogP contribution in [0.15, 0.2) is 58.3 Å². The van der Waals surface area contributed by atoms with Crippen molar-refractivity contribution in [3.63, 3.8) is 0 Å². The van der Waals surface area contributed by atoms with Crippen LogP contribution in [0, 0.1) is 6.92 Å². The van der Waals surface area contributed by atoms with Gasteiger partial charge >= 0.3 is 0 Å². The van der Waals surface area contributed by atoms with Crippen LogP contribution in [0.4, 0.5) is 5.69 Å². The predicted octanol–water partition coefficient (Wildman–Crippen LogP) is 1.76. The van der Waals surface area contributed by atoms with E-state index in [0.29, 0.717) is 12.3 Å². The van der Waals surface area contributed by atoms with E-state index in [-0.39, 0.29) is 35.4 Å². The van der Waals surface area contributed by atoms with Gasteiger partial charge in [-0.1, -0.05) is 17.7 Å². The lowest BCUT2D eigenvalue weighted by atomic mass is 10.2. The quantitative estimate of drug-likeness (QED) is 0.474. The van der Waals surface area contributed by atoms with Crippen molar-refractivity contribution >= 4 is 31.6 Å². The van der Waals surface area contributed by atoms with Gasteiger partial charge in [-0.25, -0.2) is 26.3 Å². The van der Waals surface area contributed by atoms with Crippen molar-refractivity contribution in [3.8, 4) is 0 Å². The van der Waals surface area contributed by atoms with Crippen molar-refractivity contribution in [2.45, 2.75) is 42.1 Å². The minimum absolute atomic E-state index is 0.0678. The van der Waals surface area contributed by atoms with Crippen LogP contribution in [0.3, 0.4) is 0 Å². The Bertz CT molecular complexity index is 1130. The summed E-state index contributed by atoms with van der Waals surface area (Å²) in [6.07, 6.45) is 1.57. The van der Waals surface area contributed by atoms with Gasteiger partial charge in [0.2, 0.25) is 26.0 Å². The molecule has 0 saturated carbocycles. The normalized spacial score (nSPS) is 16.7. The number of anilines is 1. The molecule has 1 atom stereocenters. The first-order chi connectivity index (χ1) is 15.2. The molecular formula is C21H27N3O6S2. The highest BCUT2D eigenvalue weighted by atomic mass is 32.2. The van der Waals surface area contributed by atoms with Crippen molar-refractivity contribution in [1.82, 2.24) is 9.44 Å². The largest absolute Gasteiger partial charge is 0.377 e. The highest BCUT2D eigenvalue weighted by molar-refractivity contribution is 7.89. The lowest BCUT2D eigenvalue weighted by Crippen LogP contribution is -2.31. The monoisotopic (exact) mass is 481 g/mol. The van der Waals surface area contributed by atoms with Gasteiger partial charge in [0.05, 0.1) is 15.9 Å². The van der Waals surface area contributed by atoms with E-state index >= 15 is 0 Å². The first-order valence-electron chi connectivity index (χ1n) is 10.2. The number of sulfonamides is 2. The fourth-order valence-corrected chi connectivity index (χ4v) is 5.23. The lowest BCUT2D eigenvalue weighted by Gasteiger charge is -2.12. The molecular weight excluding hydrogens is 454 g/mol. The first-order valence-corrected chi connectivity index (χ1v) is 13.2. The Morgan fingerprint density at radius 2 is 1.53 bits per heavy atom.